The van der Waals surface area contributed by atoms with E-state index in [1.165, 1.54) is 23.1 Å². The Labute approximate surface area is 90.6 Å². The maximum absolute atomic E-state index is 11.1. The average molecular weight is 229 g/mol. The molecule has 0 saturated heterocycles. The number of aliphatic carboxylic acids is 1. The molecule has 1 aromatic rings. The van der Waals surface area contributed by atoms with Crippen molar-refractivity contribution in [3.05, 3.63) is 11.1 Å². The van der Waals surface area contributed by atoms with E-state index in [1.807, 2.05) is 12.3 Å². The summed E-state index contributed by atoms with van der Waals surface area (Å²) in [6, 6.07) is 0. The van der Waals surface area contributed by atoms with Gasteiger partial charge in [-0.2, -0.15) is 0 Å². The molecule has 1 aliphatic carbocycles. The highest BCUT2D eigenvalue weighted by molar-refractivity contribution is 8.03. The number of hydrogen-bond donors (Lipinski definition) is 1. The fourth-order valence-electron chi connectivity index (χ4n) is 1.40. The van der Waals surface area contributed by atoms with Crippen molar-refractivity contribution in [2.75, 3.05) is 0 Å². The molecule has 0 unspecified atom stereocenters. The Kier molecular flexibility index (Phi) is 2.53. The van der Waals surface area contributed by atoms with Crippen molar-refractivity contribution < 1.29 is 9.90 Å². The second-order valence-electron chi connectivity index (χ2n) is 3.51. The maximum atomic E-state index is 11.1. The topological polar surface area (TPSA) is 50.2 Å². The highest BCUT2D eigenvalue weighted by Gasteiger charge is 2.46. The Morgan fingerprint density at radius 1 is 1.71 bits per heavy atom. The number of thiazole rings is 1. The Hall–Kier alpha value is -0.550. The van der Waals surface area contributed by atoms with Gasteiger partial charge >= 0.3 is 5.97 Å². The van der Waals surface area contributed by atoms with Crippen LogP contribution in [0.5, 0.6) is 0 Å². The average Bonchev–Trinajstić information content (AvgIpc) is 2.43. The van der Waals surface area contributed by atoms with Crippen LogP contribution in [0.15, 0.2) is 9.72 Å². The van der Waals surface area contributed by atoms with E-state index in [2.05, 4.69) is 4.98 Å². The van der Waals surface area contributed by atoms with Crippen molar-refractivity contribution in [2.45, 2.75) is 35.3 Å². The molecule has 14 heavy (non-hydrogen) atoms. The van der Waals surface area contributed by atoms with E-state index in [0.717, 1.165) is 29.3 Å². The summed E-state index contributed by atoms with van der Waals surface area (Å²) in [5.41, 5.74) is 0.970. The third-order valence-electron chi connectivity index (χ3n) is 2.43. The number of hydrogen-bond acceptors (Lipinski definition) is 4. The molecular weight excluding hydrogens is 218 g/mol. The molecule has 3 nitrogen and oxygen atoms in total. The van der Waals surface area contributed by atoms with Gasteiger partial charge in [-0.3, -0.25) is 4.79 Å². The van der Waals surface area contributed by atoms with Crippen LogP contribution in [-0.4, -0.2) is 20.8 Å². The lowest BCUT2D eigenvalue weighted by Gasteiger charge is -2.35. The number of carboxylic acid groups (broad SMARTS) is 1. The number of aryl methyl sites for hydroxylation is 1. The first-order chi connectivity index (χ1) is 6.62. The fraction of sp³-hybridized carbons (Fsp3) is 0.556. The Balaban J connectivity index is 2.12. The van der Waals surface area contributed by atoms with Crippen molar-refractivity contribution in [1.29, 1.82) is 0 Å². The zero-order valence-electron chi connectivity index (χ0n) is 7.82. The molecule has 5 heteroatoms. The molecule has 0 aromatic carbocycles. The lowest BCUT2D eigenvalue weighted by molar-refractivity contribution is -0.142. The number of carboxylic acids is 1. The highest BCUT2D eigenvalue weighted by Crippen LogP contribution is 2.48. The summed E-state index contributed by atoms with van der Waals surface area (Å²) in [6.45, 7) is 1.93. The number of rotatable bonds is 3. The molecule has 0 aliphatic heterocycles. The van der Waals surface area contributed by atoms with E-state index in [9.17, 15) is 4.79 Å². The normalized spacial score (nSPS) is 18.9. The van der Waals surface area contributed by atoms with Gasteiger partial charge < -0.3 is 5.11 Å². The summed E-state index contributed by atoms with van der Waals surface area (Å²) in [5.74, 6) is -0.693. The second kappa shape index (κ2) is 3.55. The second-order valence-corrected chi connectivity index (χ2v) is 6.00. The summed E-state index contributed by atoms with van der Waals surface area (Å²) < 4.78 is 0.300. The molecule has 0 atom stereocenters. The van der Waals surface area contributed by atoms with Gasteiger partial charge in [0, 0.05) is 11.1 Å². The minimum Gasteiger partial charge on any atom is -0.480 e. The molecule has 76 valence electrons. The fourth-order valence-corrected chi connectivity index (χ4v) is 3.84. The zero-order chi connectivity index (χ0) is 10.2. The van der Waals surface area contributed by atoms with Crippen LogP contribution in [0.1, 0.15) is 25.0 Å². The monoisotopic (exact) mass is 229 g/mol. The molecule has 1 fully saturated rings. The number of carbonyl (C=O) groups is 1. The van der Waals surface area contributed by atoms with Crippen LogP contribution >= 0.6 is 23.1 Å². The van der Waals surface area contributed by atoms with Gasteiger partial charge in [0.25, 0.3) is 0 Å². The van der Waals surface area contributed by atoms with Gasteiger partial charge in [-0.15, -0.1) is 11.3 Å². The number of thioether (sulfide) groups is 1. The van der Waals surface area contributed by atoms with Crippen LogP contribution in [0.2, 0.25) is 0 Å². The summed E-state index contributed by atoms with van der Waals surface area (Å²) in [7, 11) is 0. The lowest BCUT2D eigenvalue weighted by Crippen LogP contribution is -2.41. The standard InChI is InChI=1S/C9H11NO2S2/c1-6-5-13-8(10-6)14-9(7(11)12)3-2-4-9/h5H,2-4H2,1H3,(H,11,12). The van der Waals surface area contributed by atoms with Crippen LogP contribution in [0.25, 0.3) is 0 Å². The smallest absolute Gasteiger partial charge is 0.320 e. The van der Waals surface area contributed by atoms with E-state index < -0.39 is 10.7 Å². The first-order valence-corrected chi connectivity index (χ1v) is 6.16. The molecule has 0 spiro atoms. The van der Waals surface area contributed by atoms with E-state index in [-0.39, 0.29) is 0 Å². The molecule has 1 aliphatic rings. The molecule has 0 radical (unpaired) electrons. The maximum Gasteiger partial charge on any atom is 0.320 e. The van der Waals surface area contributed by atoms with Gasteiger partial charge in [0.2, 0.25) is 0 Å². The SMILES string of the molecule is Cc1csc(SC2(C(=O)O)CCC2)n1. The van der Waals surface area contributed by atoms with E-state index in [4.69, 9.17) is 5.11 Å². The quantitative estimate of drug-likeness (QED) is 0.865. The predicted octanol–water partition coefficient (Wildman–Crippen LogP) is 2.55. The summed E-state index contributed by atoms with van der Waals surface area (Å²) in [4.78, 5) is 15.3. The third kappa shape index (κ3) is 1.66. The lowest BCUT2D eigenvalue weighted by atomic mass is 9.84. The van der Waals surface area contributed by atoms with Crippen molar-refractivity contribution in [2.24, 2.45) is 0 Å². The van der Waals surface area contributed by atoms with Crippen LogP contribution in [0.4, 0.5) is 0 Å². The van der Waals surface area contributed by atoms with Crippen molar-refractivity contribution in [3.63, 3.8) is 0 Å². The summed E-state index contributed by atoms with van der Waals surface area (Å²) in [6.07, 6.45) is 2.56. The molecular formula is C9H11NO2S2. The van der Waals surface area contributed by atoms with Crippen LogP contribution in [-0.2, 0) is 4.79 Å². The van der Waals surface area contributed by atoms with E-state index in [0.29, 0.717) is 0 Å². The van der Waals surface area contributed by atoms with E-state index in [1.54, 1.807) is 0 Å². The van der Waals surface area contributed by atoms with Crippen molar-refractivity contribution in [1.82, 2.24) is 4.98 Å². The summed E-state index contributed by atoms with van der Waals surface area (Å²) in [5, 5.41) is 11.1. The largest absolute Gasteiger partial charge is 0.480 e. The minimum atomic E-state index is -0.693. The van der Waals surface area contributed by atoms with Gasteiger partial charge in [-0.25, -0.2) is 4.98 Å². The first-order valence-electron chi connectivity index (χ1n) is 4.47. The molecule has 0 bridgehead atoms. The molecule has 1 N–H and O–H groups in total. The van der Waals surface area contributed by atoms with E-state index >= 15 is 0 Å². The van der Waals surface area contributed by atoms with Crippen molar-refractivity contribution >= 4 is 29.1 Å². The number of nitrogens with zero attached hydrogens (tertiary/aromatic N) is 1. The number of aromatic nitrogens is 1. The van der Waals surface area contributed by atoms with Gasteiger partial charge in [0.1, 0.15) is 4.75 Å². The molecule has 0 amide bonds. The molecule has 1 aromatic heterocycles. The Morgan fingerprint density at radius 3 is 2.79 bits per heavy atom. The molecule has 1 saturated carbocycles. The Bertz CT molecular complexity index is 357. The minimum absolute atomic E-state index is 0.579. The van der Waals surface area contributed by atoms with Crippen LogP contribution in [0, 0.1) is 6.92 Å². The van der Waals surface area contributed by atoms with Crippen LogP contribution < -0.4 is 0 Å². The van der Waals surface area contributed by atoms with Crippen LogP contribution in [0.3, 0.4) is 0 Å². The van der Waals surface area contributed by atoms with Crippen molar-refractivity contribution in [3.8, 4) is 0 Å². The van der Waals surface area contributed by atoms with Gasteiger partial charge in [0.05, 0.1) is 0 Å². The third-order valence-corrected chi connectivity index (χ3v) is 4.96. The van der Waals surface area contributed by atoms with Gasteiger partial charge in [-0.1, -0.05) is 11.8 Å². The predicted molar refractivity (Wildman–Crippen MR) is 56.9 cm³/mol. The Morgan fingerprint density at radius 2 is 2.43 bits per heavy atom. The molecule has 2 rings (SSSR count). The van der Waals surface area contributed by atoms with Gasteiger partial charge in [0.15, 0.2) is 4.34 Å². The summed E-state index contributed by atoms with van der Waals surface area (Å²) >= 11 is 2.95. The molecule has 1 heterocycles. The first kappa shape index (κ1) is 9.98. The van der Waals surface area contributed by atoms with Gasteiger partial charge in [-0.05, 0) is 26.2 Å². The zero-order valence-corrected chi connectivity index (χ0v) is 9.45. The highest BCUT2D eigenvalue weighted by atomic mass is 32.2.